The van der Waals surface area contributed by atoms with Crippen molar-refractivity contribution >= 4 is 49.0 Å². The summed E-state index contributed by atoms with van der Waals surface area (Å²) in [6.07, 6.45) is -0.227. The standard InChI is InChI=1S/C20H23Cl2NO6S2/c1-4-30(25,26)17-5-6-19(18(22)11-17)29-16-8-14(7-15(21)10-16)9-20(24)23-31(27,28)12-13(2)3/h5-8,10-11,13H,4,9,12H2,1-3H3,(H,23,24). The normalized spacial score (nSPS) is 12.1. The van der Waals surface area contributed by atoms with Crippen molar-refractivity contribution in [3.05, 3.63) is 52.0 Å². The van der Waals surface area contributed by atoms with Crippen LogP contribution in [0.3, 0.4) is 0 Å². The van der Waals surface area contributed by atoms with Crippen LogP contribution in [-0.2, 0) is 31.1 Å². The van der Waals surface area contributed by atoms with E-state index in [4.69, 9.17) is 27.9 Å². The van der Waals surface area contributed by atoms with E-state index in [-0.39, 0.29) is 50.3 Å². The van der Waals surface area contributed by atoms with Crippen LogP contribution in [0.1, 0.15) is 26.3 Å². The van der Waals surface area contributed by atoms with Gasteiger partial charge in [0, 0.05) is 5.02 Å². The van der Waals surface area contributed by atoms with E-state index < -0.39 is 25.8 Å². The number of rotatable bonds is 9. The lowest BCUT2D eigenvalue weighted by molar-refractivity contribution is -0.118. The van der Waals surface area contributed by atoms with Crippen LogP contribution in [0.25, 0.3) is 0 Å². The fourth-order valence-electron chi connectivity index (χ4n) is 2.71. The maximum atomic E-state index is 12.2. The van der Waals surface area contributed by atoms with Crippen molar-refractivity contribution in [3.8, 4) is 11.5 Å². The average molecular weight is 508 g/mol. The van der Waals surface area contributed by atoms with Crippen LogP contribution >= 0.6 is 23.2 Å². The van der Waals surface area contributed by atoms with Gasteiger partial charge in [-0.05, 0) is 47.9 Å². The molecule has 0 unspecified atom stereocenters. The number of carbonyl (C=O) groups excluding carboxylic acids is 1. The molecule has 0 aliphatic heterocycles. The summed E-state index contributed by atoms with van der Waals surface area (Å²) < 4.78 is 55.6. The predicted molar refractivity (Wildman–Crippen MR) is 121 cm³/mol. The maximum absolute atomic E-state index is 12.2. The van der Waals surface area contributed by atoms with Gasteiger partial charge in [0.15, 0.2) is 9.84 Å². The Hall–Kier alpha value is -1.81. The van der Waals surface area contributed by atoms with Crippen molar-refractivity contribution in [2.24, 2.45) is 5.92 Å². The van der Waals surface area contributed by atoms with Crippen molar-refractivity contribution in [2.45, 2.75) is 32.1 Å². The molecule has 11 heteroatoms. The average Bonchev–Trinajstić information content (AvgIpc) is 2.60. The second kappa shape index (κ2) is 10.2. The molecule has 7 nitrogen and oxygen atoms in total. The SMILES string of the molecule is CCS(=O)(=O)c1ccc(Oc2cc(Cl)cc(CC(=O)NS(=O)(=O)CC(C)C)c2)c(Cl)c1. The van der Waals surface area contributed by atoms with Gasteiger partial charge in [-0.3, -0.25) is 9.52 Å². The molecule has 2 aromatic rings. The molecule has 1 amide bonds. The third-order valence-electron chi connectivity index (χ3n) is 3.99. The first kappa shape index (κ1) is 25.5. The zero-order valence-corrected chi connectivity index (χ0v) is 20.3. The van der Waals surface area contributed by atoms with Gasteiger partial charge in [0.2, 0.25) is 15.9 Å². The number of nitrogens with one attached hydrogen (secondary N) is 1. The molecule has 0 radical (unpaired) electrons. The third kappa shape index (κ3) is 7.68. The molecule has 0 saturated heterocycles. The fourth-order valence-corrected chi connectivity index (χ4v) is 5.53. The number of amides is 1. The van der Waals surface area contributed by atoms with Gasteiger partial charge in [-0.1, -0.05) is 44.0 Å². The Bertz CT molecular complexity index is 1180. The van der Waals surface area contributed by atoms with Crippen LogP contribution in [0.4, 0.5) is 0 Å². The first-order valence-corrected chi connectivity index (χ1v) is 13.4. The summed E-state index contributed by atoms with van der Waals surface area (Å²) in [7, 11) is -7.14. The van der Waals surface area contributed by atoms with Gasteiger partial charge < -0.3 is 4.74 Å². The van der Waals surface area contributed by atoms with E-state index in [1.54, 1.807) is 13.8 Å². The molecular formula is C20H23Cl2NO6S2. The lowest BCUT2D eigenvalue weighted by Crippen LogP contribution is -2.34. The van der Waals surface area contributed by atoms with Crippen LogP contribution in [-0.4, -0.2) is 34.2 Å². The summed E-state index contributed by atoms with van der Waals surface area (Å²) in [5.74, 6) is -0.579. The van der Waals surface area contributed by atoms with Gasteiger partial charge >= 0.3 is 0 Å². The largest absolute Gasteiger partial charge is 0.456 e. The highest BCUT2D eigenvalue weighted by Crippen LogP contribution is 2.33. The Morgan fingerprint density at radius 3 is 2.32 bits per heavy atom. The molecule has 0 aliphatic rings. The summed E-state index contributed by atoms with van der Waals surface area (Å²) in [6.45, 7) is 5.00. The van der Waals surface area contributed by atoms with E-state index >= 15 is 0 Å². The van der Waals surface area contributed by atoms with Crippen molar-refractivity contribution in [1.82, 2.24) is 4.72 Å². The van der Waals surface area contributed by atoms with Crippen LogP contribution in [0, 0.1) is 5.92 Å². The third-order valence-corrected chi connectivity index (χ3v) is 7.88. The highest BCUT2D eigenvalue weighted by molar-refractivity contribution is 7.91. The second-order valence-electron chi connectivity index (χ2n) is 7.27. The van der Waals surface area contributed by atoms with E-state index in [0.717, 1.165) is 0 Å². The van der Waals surface area contributed by atoms with Crippen molar-refractivity contribution in [2.75, 3.05) is 11.5 Å². The number of hydrogen-bond acceptors (Lipinski definition) is 6. The van der Waals surface area contributed by atoms with Gasteiger partial charge in [0.25, 0.3) is 0 Å². The van der Waals surface area contributed by atoms with Gasteiger partial charge in [-0.25, -0.2) is 16.8 Å². The number of ether oxygens (including phenoxy) is 1. The summed E-state index contributed by atoms with van der Waals surface area (Å²) in [4.78, 5) is 12.2. The molecule has 0 aromatic heterocycles. The molecule has 31 heavy (non-hydrogen) atoms. The van der Waals surface area contributed by atoms with Crippen LogP contribution < -0.4 is 9.46 Å². The second-order valence-corrected chi connectivity index (χ2v) is 12.2. The molecule has 2 aromatic carbocycles. The lowest BCUT2D eigenvalue weighted by Gasteiger charge is -2.12. The zero-order valence-electron chi connectivity index (χ0n) is 17.2. The predicted octanol–water partition coefficient (Wildman–Crippen LogP) is 4.22. The van der Waals surface area contributed by atoms with Gasteiger partial charge in [0.05, 0.1) is 27.8 Å². The number of hydrogen-bond donors (Lipinski definition) is 1. The molecule has 0 saturated carbocycles. The Balaban J connectivity index is 2.19. The minimum absolute atomic E-state index is 0.0594. The molecule has 170 valence electrons. The summed E-state index contributed by atoms with van der Waals surface area (Å²) in [5.41, 5.74) is 0.432. The number of sulfone groups is 1. The molecule has 0 bridgehead atoms. The molecule has 0 heterocycles. The van der Waals surface area contributed by atoms with Crippen LogP contribution in [0.15, 0.2) is 41.3 Å². The van der Waals surface area contributed by atoms with Crippen LogP contribution in [0.5, 0.6) is 11.5 Å². The Morgan fingerprint density at radius 2 is 1.74 bits per heavy atom. The van der Waals surface area contributed by atoms with E-state index in [2.05, 4.69) is 0 Å². The minimum Gasteiger partial charge on any atom is -0.456 e. The fraction of sp³-hybridized carbons (Fsp3) is 0.350. The van der Waals surface area contributed by atoms with Gasteiger partial charge in [-0.15, -0.1) is 0 Å². The van der Waals surface area contributed by atoms with E-state index in [9.17, 15) is 21.6 Å². The van der Waals surface area contributed by atoms with Gasteiger partial charge in [-0.2, -0.15) is 0 Å². The Kier molecular flexibility index (Phi) is 8.38. The zero-order chi connectivity index (χ0) is 23.4. The first-order chi connectivity index (χ1) is 14.3. The smallest absolute Gasteiger partial charge is 0.237 e. The van der Waals surface area contributed by atoms with Crippen LogP contribution in [0.2, 0.25) is 10.0 Å². The Morgan fingerprint density at radius 1 is 1.06 bits per heavy atom. The first-order valence-electron chi connectivity index (χ1n) is 9.34. The molecular weight excluding hydrogens is 485 g/mol. The summed E-state index contributed by atoms with van der Waals surface area (Å²) >= 11 is 12.3. The minimum atomic E-state index is -3.72. The summed E-state index contributed by atoms with van der Waals surface area (Å²) in [6, 6.07) is 8.64. The number of sulfonamides is 1. The molecule has 1 N–H and O–H groups in total. The maximum Gasteiger partial charge on any atom is 0.237 e. The van der Waals surface area contributed by atoms with E-state index in [1.165, 1.54) is 43.3 Å². The molecule has 0 spiro atoms. The number of halogens is 2. The molecule has 2 rings (SSSR count). The summed E-state index contributed by atoms with van der Waals surface area (Å²) in [5, 5.41) is 0.361. The van der Waals surface area contributed by atoms with Crippen molar-refractivity contribution in [3.63, 3.8) is 0 Å². The monoisotopic (exact) mass is 507 g/mol. The highest BCUT2D eigenvalue weighted by atomic mass is 35.5. The van der Waals surface area contributed by atoms with Crippen molar-refractivity contribution in [1.29, 1.82) is 0 Å². The van der Waals surface area contributed by atoms with E-state index in [0.29, 0.717) is 5.56 Å². The van der Waals surface area contributed by atoms with E-state index in [1.807, 2.05) is 4.72 Å². The number of benzene rings is 2. The Labute approximate surface area is 192 Å². The van der Waals surface area contributed by atoms with Gasteiger partial charge in [0.1, 0.15) is 11.5 Å². The quantitative estimate of drug-likeness (QED) is 0.544. The topological polar surface area (TPSA) is 107 Å². The van der Waals surface area contributed by atoms with Crippen molar-refractivity contribution < 1.29 is 26.4 Å². The molecule has 0 fully saturated rings. The molecule has 0 aliphatic carbocycles. The highest BCUT2D eigenvalue weighted by Gasteiger charge is 2.18. The molecule has 0 atom stereocenters. The number of carbonyl (C=O) groups is 1. The lowest BCUT2D eigenvalue weighted by atomic mass is 10.1.